The van der Waals surface area contributed by atoms with Gasteiger partial charge in [0.2, 0.25) is 0 Å². The molecule has 14 heteroatoms. The maximum Gasteiger partial charge on any atom is 0.300 e. The van der Waals surface area contributed by atoms with Gasteiger partial charge in [-0.25, -0.2) is 22.5 Å². The van der Waals surface area contributed by atoms with E-state index >= 15 is 4.39 Å². The number of nitrogens with zero attached hydrogens (tertiary/aromatic N) is 1. The average Bonchev–Trinajstić information content (AvgIpc) is 2.81. The quantitative estimate of drug-likeness (QED) is 0.256. The Bertz CT molecular complexity index is 1420. The van der Waals surface area contributed by atoms with Crippen LogP contribution in [0.5, 0.6) is 0 Å². The molecule has 0 radical (unpaired) electrons. The maximum absolute atomic E-state index is 15.0. The highest BCUT2D eigenvalue weighted by atomic mass is 32.2. The van der Waals surface area contributed by atoms with E-state index in [-0.39, 0.29) is 17.8 Å². The first-order chi connectivity index (χ1) is 16.9. The summed E-state index contributed by atoms with van der Waals surface area (Å²) in [7, 11) is -4.28. The zero-order valence-electron chi connectivity index (χ0n) is 18.7. The number of aliphatic hydroxyl groups excluding tert-OH is 1. The number of aryl methyl sites for hydroxylation is 1. The Morgan fingerprint density at radius 1 is 1.06 bits per heavy atom. The standard InChI is InChI=1S/C22H21F4N5O4S/c1-11-2-3-16(15(23)8-11)30-20-14(21(27)33)10-13(17(24)19(20)26)9-12-4-5-28-22(18(12)25)31-36(34,35)29-6-7-32/h2-5,8,10,29-30,32H,6-7,9H2,1H3,(H2,27,33)(H,28,31). The predicted molar refractivity (Wildman–Crippen MR) is 124 cm³/mol. The van der Waals surface area contributed by atoms with Crippen molar-refractivity contribution < 1.29 is 35.9 Å². The summed E-state index contributed by atoms with van der Waals surface area (Å²) in [5, 5.41) is 11.1. The predicted octanol–water partition coefficient (Wildman–Crippen LogP) is 2.62. The van der Waals surface area contributed by atoms with Crippen LogP contribution in [0.3, 0.4) is 0 Å². The number of anilines is 3. The molecule has 6 N–H and O–H groups in total. The number of aromatic nitrogens is 1. The number of hydrogen-bond donors (Lipinski definition) is 5. The molecule has 3 rings (SSSR count). The van der Waals surface area contributed by atoms with Gasteiger partial charge in [0.05, 0.1) is 23.5 Å². The number of benzene rings is 2. The smallest absolute Gasteiger partial charge is 0.300 e. The second-order valence-corrected chi connectivity index (χ2v) is 9.09. The van der Waals surface area contributed by atoms with Crippen molar-refractivity contribution in [2.24, 2.45) is 5.73 Å². The lowest BCUT2D eigenvalue weighted by Gasteiger charge is -2.16. The van der Waals surface area contributed by atoms with Crippen LogP contribution in [0.25, 0.3) is 0 Å². The molecule has 2 aromatic carbocycles. The summed E-state index contributed by atoms with van der Waals surface area (Å²) >= 11 is 0. The molecule has 192 valence electrons. The Kier molecular flexibility index (Phi) is 8.12. The van der Waals surface area contributed by atoms with Gasteiger partial charge in [0, 0.05) is 19.2 Å². The number of hydrogen-bond acceptors (Lipinski definition) is 6. The Labute approximate surface area is 203 Å². The van der Waals surface area contributed by atoms with Gasteiger partial charge in [-0.15, -0.1) is 0 Å². The fraction of sp³-hybridized carbons (Fsp3) is 0.182. The number of pyridine rings is 1. The van der Waals surface area contributed by atoms with Crippen molar-refractivity contribution >= 4 is 33.3 Å². The van der Waals surface area contributed by atoms with Crippen LogP contribution in [-0.4, -0.2) is 37.6 Å². The van der Waals surface area contributed by atoms with Crippen LogP contribution in [-0.2, 0) is 16.6 Å². The zero-order valence-corrected chi connectivity index (χ0v) is 19.5. The third-order valence-corrected chi connectivity index (χ3v) is 5.96. The molecule has 0 spiro atoms. The molecule has 0 atom stereocenters. The Hall–Kier alpha value is -3.75. The minimum Gasteiger partial charge on any atom is -0.395 e. The molecule has 36 heavy (non-hydrogen) atoms. The zero-order chi connectivity index (χ0) is 26.6. The number of aliphatic hydroxyl groups is 1. The number of carbonyl (C=O) groups is 1. The van der Waals surface area contributed by atoms with Crippen molar-refractivity contribution in [2.45, 2.75) is 13.3 Å². The minimum absolute atomic E-state index is 0.235. The van der Waals surface area contributed by atoms with E-state index in [4.69, 9.17) is 10.8 Å². The van der Waals surface area contributed by atoms with Crippen molar-refractivity contribution in [3.8, 4) is 0 Å². The largest absolute Gasteiger partial charge is 0.395 e. The normalized spacial score (nSPS) is 11.4. The van der Waals surface area contributed by atoms with Crippen molar-refractivity contribution in [3.63, 3.8) is 0 Å². The van der Waals surface area contributed by atoms with Crippen LogP contribution >= 0.6 is 0 Å². The highest BCUT2D eigenvalue weighted by Crippen LogP contribution is 2.31. The number of nitrogens with two attached hydrogens (primary N) is 1. The van der Waals surface area contributed by atoms with E-state index in [2.05, 4.69) is 10.3 Å². The molecule has 0 aliphatic rings. The topological polar surface area (TPSA) is 146 Å². The van der Waals surface area contributed by atoms with Crippen LogP contribution in [0, 0.1) is 30.2 Å². The summed E-state index contributed by atoms with van der Waals surface area (Å²) in [5.74, 6) is -6.87. The Morgan fingerprint density at radius 2 is 1.78 bits per heavy atom. The molecular weight excluding hydrogens is 506 g/mol. The number of primary amides is 1. The van der Waals surface area contributed by atoms with E-state index in [0.717, 1.165) is 24.4 Å². The molecule has 0 fully saturated rings. The number of halogens is 4. The van der Waals surface area contributed by atoms with E-state index in [1.165, 1.54) is 12.1 Å². The van der Waals surface area contributed by atoms with Gasteiger partial charge < -0.3 is 16.2 Å². The lowest BCUT2D eigenvalue weighted by atomic mass is 10.00. The monoisotopic (exact) mass is 527 g/mol. The van der Waals surface area contributed by atoms with E-state index < -0.39 is 75.0 Å². The fourth-order valence-electron chi connectivity index (χ4n) is 3.22. The number of rotatable bonds is 10. The molecule has 0 aliphatic carbocycles. The van der Waals surface area contributed by atoms with Gasteiger partial charge in [-0.2, -0.15) is 13.1 Å². The van der Waals surface area contributed by atoms with E-state index in [1.807, 2.05) is 9.44 Å². The van der Waals surface area contributed by atoms with Crippen LogP contribution in [0.2, 0.25) is 0 Å². The molecule has 1 amide bonds. The number of carbonyl (C=O) groups excluding carboxylic acids is 1. The molecule has 0 bridgehead atoms. The van der Waals surface area contributed by atoms with Crippen LogP contribution < -0.4 is 20.5 Å². The molecule has 0 saturated heterocycles. The van der Waals surface area contributed by atoms with Gasteiger partial charge in [0.1, 0.15) is 5.82 Å². The highest BCUT2D eigenvalue weighted by molar-refractivity contribution is 7.90. The van der Waals surface area contributed by atoms with Gasteiger partial charge in [0.15, 0.2) is 23.3 Å². The van der Waals surface area contributed by atoms with Gasteiger partial charge in [0.25, 0.3) is 16.1 Å². The number of amides is 1. The lowest BCUT2D eigenvalue weighted by Crippen LogP contribution is -2.33. The van der Waals surface area contributed by atoms with Gasteiger partial charge in [-0.3, -0.25) is 9.52 Å². The summed E-state index contributed by atoms with van der Waals surface area (Å²) in [6.45, 7) is 0.770. The highest BCUT2D eigenvalue weighted by Gasteiger charge is 2.24. The second kappa shape index (κ2) is 10.9. The summed E-state index contributed by atoms with van der Waals surface area (Å²) in [6.07, 6.45) is 0.414. The van der Waals surface area contributed by atoms with Crippen LogP contribution in [0.1, 0.15) is 27.0 Å². The molecule has 0 saturated carbocycles. The third-order valence-electron chi connectivity index (χ3n) is 4.92. The Morgan fingerprint density at radius 3 is 2.42 bits per heavy atom. The van der Waals surface area contributed by atoms with Crippen LogP contribution in [0.4, 0.5) is 34.8 Å². The molecule has 1 heterocycles. The van der Waals surface area contributed by atoms with Gasteiger partial charge in [-0.05, 0) is 47.9 Å². The molecule has 0 unspecified atom stereocenters. The lowest BCUT2D eigenvalue weighted by molar-refractivity contribution is 0.100. The summed E-state index contributed by atoms with van der Waals surface area (Å²) in [6, 6.07) is 5.91. The first-order valence-electron chi connectivity index (χ1n) is 10.3. The molecule has 1 aromatic heterocycles. The van der Waals surface area contributed by atoms with Crippen molar-refractivity contribution in [3.05, 3.63) is 82.1 Å². The first-order valence-corrected chi connectivity index (χ1v) is 11.8. The molecule has 9 nitrogen and oxygen atoms in total. The Balaban J connectivity index is 1.99. The summed E-state index contributed by atoms with van der Waals surface area (Å²) in [5.41, 5.74) is 3.67. The second-order valence-electron chi connectivity index (χ2n) is 7.59. The van der Waals surface area contributed by atoms with Gasteiger partial charge in [-0.1, -0.05) is 6.07 Å². The summed E-state index contributed by atoms with van der Waals surface area (Å²) < 4.78 is 86.7. The minimum atomic E-state index is -4.28. The van der Waals surface area contributed by atoms with Crippen molar-refractivity contribution in [2.75, 3.05) is 23.2 Å². The first kappa shape index (κ1) is 26.8. The maximum atomic E-state index is 15.0. The number of nitrogens with one attached hydrogen (secondary N) is 3. The molecule has 0 aliphatic heterocycles. The molecule has 3 aromatic rings. The van der Waals surface area contributed by atoms with Crippen LogP contribution in [0.15, 0.2) is 36.5 Å². The summed E-state index contributed by atoms with van der Waals surface area (Å²) in [4.78, 5) is 15.6. The van der Waals surface area contributed by atoms with E-state index in [9.17, 15) is 26.4 Å². The van der Waals surface area contributed by atoms with E-state index in [0.29, 0.717) is 5.56 Å². The van der Waals surface area contributed by atoms with Gasteiger partial charge >= 0.3 is 0 Å². The average molecular weight is 528 g/mol. The third kappa shape index (κ3) is 6.08. The van der Waals surface area contributed by atoms with Crippen molar-refractivity contribution in [1.82, 2.24) is 9.71 Å². The fourth-order valence-corrected chi connectivity index (χ4v) is 4.05. The van der Waals surface area contributed by atoms with E-state index in [1.54, 1.807) is 6.92 Å². The van der Waals surface area contributed by atoms with Crippen molar-refractivity contribution in [1.29, 1.82) is 0 Å². The molecular formula is C22H21F4N5O4S. The SMILES string of the molecule is Cc1ccc(Nc2c(C(N)=O)cc(Cc3ccnc(NS(=O)(=O)NCCO)c3F)c(F)c2F)c(F)c1.